The van der Waals surface area contributed by atoms with Crippen LogP contribution < -0.4 is 14.8 Å². The second-order valence-electron chi connectivity index (χ2n) is 5.43. The number of fused-ring (bicyclic) bond motifs is 1. The molecule has 28 heavy (non-hydrogen) atoms. The third-order valence-corrected chi connectivity index (χ3v) is 3.99. The molecule has 11 heteroatoms. The summed E-state index contributed by atoms with van der Waals surface area (Å²) in [6.07, 6.45) is 0.287. The van der Waals surface area contributed by atoms with Crippen molar-refractivity contribution in [3.05, 3.63) is 47.0 Å². The van der Waals surface area contributed by atoms with E-state index in [2.05, 4.69) is 15.3 Å². The summed E-state index contributed by atoms with van der Waals surface area (Å²) in [6.45, 7) is -0.0517. The molecule has 0 aliphatic carbocycles. The summed E-state index contributed by atoms with van der Waals surface area (Å²) in [5.41, 5.74) is -0.0540. The van der Waals surface area contributed by atoms with Crippen molar-refractivity contribution in [2.45, 2.75) is 6.54 Å². The molecule has 0 atom stereocenters. The Balaban J connectivity index is 1.78. The number of hydrogen-bond donors (Lipinski definition) is 1. The van der Waals surface area contributed by atoms with Gasteiger partial charge in [-0.2, -0.15) is 5.26 Å². The van der Waals surface area contributed by atoms with Crippen molar-refractivity contribution in [1.29, 1.82) is 5.26 Å². The Morgan fingerprint density at radius 2 is 2.14 bits per heavy atom. The van der Waals surface area contributed by atoms with Crippen LogP contribution in [0.3, 0.4) is 0 Å². The van der Waals surface area contributed by atoms with Gasteiger partial charge in [-0.15, -0.1) is 0 Å². The first kappa shape index (κ1) is 19.3. The van der Waals surface area contributed by atoms with Crippen molar-refractivity contribution < 1.29 is 23.0 Å². The number of amides is 1. The van der Waals surface area contributed by atoms with E-state index in [0.717, 1.165) is 12.4 Å². The average Bonchev–Trinajstić information content (AvgIpc) is 3.03. The van der Waals surface area contributed by atoms with Crippen molar-refractivity contribution >= 4 is 28.6 Å². The van der Waals surface area contributed by atoms with Gasteiger partial charge in [-0.1, -0.05) is 11.6 Å². The van der Waals surface area contributed by atoms with Gasteiger partial charge in [0.05, 0.1) is 12.6 Å². The molecule has 8 nitrogen and oxygen atoms in total. The highest BCUT2D eigenvalue weighted by Crippen LogP contribution is 2.32. The number of aromatic nitrogens is 3. The molecule has 0 spiro atoms. The number of ether oxygens (including phenoxy) is 2. The molecule has 144 valence electrons. The first-order chi connectivity index (χ1) is 13.4. The molecular weight excluding hydrogens is 396 g/mol. The number of nitrogens with zero attached hydrogens (tertiary/aromatic N) is 4. The first-order valence-corrected chi connectivity index (χ1v) is 8.21. The molecule has 3 rings (SSSR count). The molecule has 3 aromatic rings. The summed E-state index contributed by atoms with van der Waals surface area (Å²) in [6, 6.07) is 5.45. The van der Waals surface area contributed by atoms with Crippen molar-refractivity contribution in [3.63, 3.8) is 0 Å². The molecule has 0 unspecified atom stereocenters. The molecule has 0 fully saturated rings. The maximum absolute atomic E-state index is 14.3. The second-order valence-corrected chi connectivity index (χ2v) is 5.81. The minimum absolute atomic E-state index is 0.0183. The van der Waals surface area contributed by atoms with Gasteiger partial charge in [0.15, 0.2) is 11.6 Å². The minimum Gasteiger partial charge on any atom is -0.496 e. The van der Waals surface area contributed by atoms with Gasteiger partial charge >= 0.3 is 6.09 Å². The molecule has 2 heterocycles. The normalized spacial score (nSPS) is 10.5. The van der Waals surface area contributed by atoms with Gasteiger partial charge in [0, 0.05) is 30.6 Å². The van der Waals surface area contributed by atoms with Gasteiger partial charge < -0.3 is 19.4 Å². The second kappa shape index (κ2) is 8.06. The Morgan fingerprint density at radius 3 is 2.82 bits per heavy atom. The van der Waals surface area contributed by atoms with Crippen molar-refractivity contribution in [2.24, 2.45) is 0 Å². The summed E-state index contributed by atoms with van der Waals surface area (Å²) in [5, 5.41) is 12.1. The van der Waals surface area contributed by atoms with Crippen molar-refractivity contribution in [1.82, 2.24) is 19.9 Å². The number of methoxy groups -OCH3 is 1. The Hall–Kier alpha value is -3.45. The smallest absolute Gasteiger partial charge is 0.414 e. The van der Waals surface area contributed by atoms with Crippen LogP contribution in [0.1, 0.15) is 5.69 Å². The minimum atomic E-state index is -1.12. The van der Waals surface area contributed by atoms with Crippen molar-refractivity contribution in [3.8, 4) is 17.7 Å². The summed E-state index contributed by atoms with van der Waals surface area (Å²) in [7, 11) is 1.31. The molecule has 1 aromatic carbocycles. The van der Waals surface area contributed by atoms with Crippen LogP contribution in [-0.2, 0) is 6.54 Å². The Labute approximate surface area is 162 Å². The summed E-state index contributed by atoms with van der Waals surface area (Å²) in [4.78, 5) is 19.2. The van der Waals surface area contributed by atoms with E-state index in [0.29, 0.717) is 0 Å². The lowest BCUT2D eigenvalue weighted by Crippen LogP contribution is -2.30. The number of halogens is 3. The molecule has 1 N–H and O–H groups in total. The molecule has 1 amide bonds. The van der Waals surface area contributed by atoms with E-state index in [4.69, 9.17) is 21.1 Å². The highest BCUT2D eigenvalue weighted by atomic mass is 35.5. The molecule has 0 saturated heterocycles. The Morgan fingerprint density at radius 1 is 1.36 bits per heavy atom. The maximum Gasteiger partial charge on any atom is 0.414 e. The zero-order valence-electron chi connectivity index (χ0n) is 14.4. The molecular formula is C17H12ClF2N5O3. The fourth-order valence-corrected chi connectivity index (χ4v) is 2.75. The van der Waals surface area contributed by atoms with Crippen LogP contribution in [0.5, 0.6) is 11.6 Å². The lowest BCUT2D eigenvalue weighted by molar-refractivity contribution is 0.198. The number of hydrogen-bond acceptors (Lipinski definition) is 6. The fraction of sp³-hybridized carbons (Fsp3) is 0.176. The zero-order valence-corrected chi connectivity index (χ0v) is 15.1. The lowest BCUT2D eigenvalue weighted by atomic mass is 10.2. The van der Waals surface area contributed by atoms with Crippen LogP contribution in [-0.4, -0.2) is 34.3 Å². The predicted octanol–water partition coefficient (Wildman–Crippen LogP) is 3.03. The molecule has 0 aliphatic rings. The van der Waals surface area contributed by atoms with Gasteiger partial charge in [-0.05, 0) is 6.07 Å². The zero-order chi connectivity index (χ0) is 20.3. The van der Waals surface area contributed by atoms with Crippen LogP contribution >= 0.6 is 11.6 Å². The molecule has 0 saturated carbocycles. The number of rotatable bonds is 5. The van der Waals surface area contributed by atoms with Crippen LogP contribution in [0.4, 0.5) is 13.6 Å². The number of carbonyl (C=O) groups is 1. The Kier molecular flexibility index (Phi) is 5.56. The largest absolute Gasteiger partial charge is 0.496 e. The highest BCUT2D eigenvalue weighted by molar-refractivity contribution is 6.29. The van der Waals surface area contributed by atoms with E-state index >= 15 is 0 Å². The van der Waals surface area contributed by atoms with Gasteiger partial charge in [0.25, 0.3) is 0 Å². The first-order valence-electron chi connectivity index (χ1n) is 7.83. The fourth-order valence-electron chi connectivity index (χ4n) is 2.61. The summed E-state index contributed by atoms with van der Waals surface area (Å²) < 4.78 is 39.4. The average molecular weight is 408 g/mol. The SMILES string of the molecule is COc1cc(F)c(F)c2c1cc(C#N)n2CCNC(=O)Oc1cc(Cl)ncn1. The molecule has 2 aromatic heterocycles. The third kappa shape index (κ3) is 3.79. The summed E-state index contributed by atoms with van der Waals surface area (Å²) >= 11 is 5.67. The Bertz CT molecular complexity index is 1100. The van der Waals surface area contributed by atoms with Gasteiger partial charge in [0.2, 0.25) is 5.88 Å². The molecule has 0 radical (unpaired) electrons. The van der Waals surface area contributed by atoms with E-state index in [-0.39, 0.29) is 46.5 Å². The quantitative estimate of drug-likeness (QED) is 0.652. The van der Waals surface area contributed by atoms with E-state index in [1.165, 1.54) is 23.8 Å². The monoisotopic (exact) mass is 407 g/mol. The van der Waals surface area contributed by atoms with E-state index in [1.807, 2.05) is 6.07 Å². The summed E-state index contributed by atoms with van der Waals surface area (Å²) in [5.74, 6) is -2.19. The van der Waals surface area contributed by atoms with Crippen molar-refractivity contribution in [2.75, 3.05) is 13.7 Å². The standard InChI is InChI=1S/C17H12ClF2N5O3/c1-27-12-5-11(19)15(20)16-10(12)4-9(7-21)25(16)3-2-22-17(26)28-14-6-13(18)23-8-24-14/h4-6,8H,2-3H2,1H3,(H,22,26). The van der Waals surface area contributed by atoms with Crippen LogP contribution in [0, 0.1) is 23.0 Å². The highest BCUT2D eigenvalue weighted by Gasteiger charge is 2.20. The number of nitriles is 1. The van der Waals surface area contributed by atoms with E-state index in [9.17, 15) is 18.8 Å². The van der Waals surface area contributed by atoms with E-state index < -0.39 is 17.7 Å². The predicted molar refractivity (Wildman–Crippen MR) is 94.2 cm³/mol. The van der Waals surface area contributed by atoms with Crippen LogP contribution in [0.15, 0.2) is 24.5 Å². The molecule has 0 bridgehead atoms. The molecule has 0 aliphatic heterocycles. The van der Waals surface area contributed by atoms with Gasteiger partial charge in [-0.25, -0.2) is 23.5 Å². The van der Waals surface area contributed by atoms with Crippen LogP contribution in [0.25, 0.3) is 10.9 Å². The van der Waals surface area contributed by atoms with Gasteiger partial charge in [-0.3, -0.25) is 0 Å². The number of benzene rings is 1. The van der Waals surface area contributed by atoms with Gasteiger partial charge in [0.1, 0.15) is 29.0 Å². The topological polar surface area (TPSA) is 102 Å². The third-order valence-electron chi connectivity index (χ3n) is 3.78. The van der Waals surface area contributed by atoms with E-state index in [1.54, 1.807) is 0 Å². The number of nitrogens with one attached hydrogen (secondary N) is 1. The van der Waals surface area contributed by atoms with Crippen LogP contribution in [0.2, 0.25) is 5.15 Å². The maximum atomic E-state index is 14.3. The lowest BCUT2D eigenvalue weighted by Gasteiger charge is -2.10. The number of carbonyl (C=O) groups excluding carboxylic acids is 1.